The minimum absolute atomic E-state index is 0.193. The summed E-state index contributed by atoms with van der Waals surface area (Å²) in [5, 5.41) is 0.673. The Hall–Kier alpha value is -2.09. The molecular formula is C11H15N5O2S. The van der Waals surface area contributed by atoms with Crippen molar-refractivity contribution >= 4 is 28.3 Å². The maximum atomic E-state index is 11.7. The molecule has 102 valence electrons. The molecule has 7 nitrogen and oxygen atoms in total. The quantitative estimate of drug-likeness (QED) is 0.837. The van der Waals surface area contributed by atoms with Gasteiger partial charge in [-0.2, -0.15) is 4.37 Å². The van der Waals surface area contributed by atoms with Gasteiger partial charge in [-0.1, -0.05) is 0 Å². The number of esters is 1. The van der Waals surface area contributed by atoms with E-state index < -0.39 is 5.97 Å². The fourth-order valence-corrected chi connectivity index (χ4v) is 2.44. The highest BCUT2D eigenvalue weighted by atomic mass is 32.1. The average Bonchev–Trinajstić information content (AvgIpc) is 2.95. The molecule has 2 heterocycles. The molecule has 2 N–H and O–H groups in total. The largest absolute Gasteiger partial charge is 0.465 e. The number of carbonyl (C=O) groups excluding carboxylic acids is 1. The standard InChI is InChI=1S/C11H15N5O2S/c1-15-5-4-13-7(15)6-16(2)10-8(11(17)18-3)9(12)14-19-10/h4-5H,6H2,1-3H3,(H2,12,14). The molecule has 2 aromatic heterocycles. The number of ether oxygens (including phenoxy) is 1. The lowest BCUT2D eigenvalue weighted by molar-refractivity contribution is 0.0603. The summed E-state index contributed by atoms with van der Waals surface area (Å²) in [7, 11) is 5.09. The van der Waals surface area contributed by atoms with Crippen molar-refractivity contribution in [2.24, 2.45) is 7.05 Å². The molecule has 0 radical (unpaired) electrons. The van der Waals surface area contributed by atoms with E-state index in [-0.39, 0.29) is 5.82 Å². The van der Waals surface area contributed by atoms with Gasteiger partial charge in [0.15, 0.2) is 5.82 Å². The lowest BCUT2D eigenvalue weighted by Crippen LogP contribution is -2.20. The predicted octanol–water partition coefficient (Wildman–Crippen LogP) is 0.882. The number of rotatable bonds is 4. The maximum Gasteiger partial charge on any atom is 0.344 e. The number of imidazole rings is 1. The van der Waals surface area contributed by atoms with Gasteiger partial charge in [0.2, 0.25) is 0 Å². The zero-order valence-electron chi connectivity index (χ0n) is 11.0. The molecule has 19 heavy (non-hydrogen) atoms. The van der Waals surface area contributed by atoms with Gasteiger partial charge in [0.1, 0.15) is 16.4 Å². The van der Waals surface area contributed by atoms with Crippen molar-refractivity contribution in [3.63, 3.8) is 0 Å². The number of nitrogens with zero attached hydrogens (tertiary/aromatic N) is 4. The Bertz CT molecular complexity index is 592. The van der Waals surface area contributed by atoms with Crippen molar-refractivity contribution in [2.45, 2.75) is 6.54 Å². The summed E-state index contributed by atoms with van der Waals surface area (Å²) in [6.45, 7) is 0.551. The number of aromatic nitrogens is 3. The molecule has 0 aliphatic rings. The Morgan fingerprint density at radius 2 is 2.37 bits per heavy atom. The number of anilines is 2. The number of methoxy groups -OCH3 is 1. The van der Waals surface area contributed by atoms with Crippen LogP contribution < -0.4 is 10.6 Å². The second-order valence-electron chi connectivity index (χ2n) is 4.05. The van der Waals surface area contributed by atoms with E-state index in [4.69, 9.17) is 10.5 Å². The van der Waals surface area contributed by atoms with Gasteiger partial charge in [-0.05, 0) is 11.5 Å². The van der Waals surface area contributed by atoms with Crippen molar-refractivity contribution in [3.05, 3.63) is 23.8 Å². The van der Waals surface area contributed by atoms with E-state index in [1.807, 2.05) is 29.8 Å². The first-order valence-corrected chi connectivity index (χ1v) is 6.32. The number of nitrogen functional groups attached to an aromatic ring is 1. The molecule has 0 fully saturated rings. The molecule has 0 spiro atoms. The van der Waals surface area contributed by atoms with Crippen molar-refractivity contribution in [1.29, 1.82) is 0 Å². The summed E-state index contributed by atoms with van der Waals surface area (Å²) in [5.41, 5.74) is 6.02. The third-order valence-corrected chi connectivity index (χ3v) is 3.71. The Balaban J connectivity index is 2.27. The van der Waals surface area contributed by atoms with Gasteiger partial charge in [-0.25, -0.2) is 9.78 Å². The van der Waals surface area contributed by atoms with E-state index in [9.17, 15) is 4.79 Å². The van der Waals surface area contributed by atoms with Gasteiger partial charge in [0.05, 0.1) is 13.7 Å². The van der Waals surface area contributed by atoms with Crippen LogP contribution in [0.2, 0.25) is 0 Å². The minimum atomic E-state index is -0.479. The van der Waals surface area contributed by atoms with E-state index >= 15 is 0 Å². The van der Waals surface area contributed by atoms with Crippen LogP contribution in [0.4, 0.5) is 10.8 Å². The summed E-state index contributed by atoms with van der Waals surface area (Å²) in [6.07, 6.45) is 3.59. The molecule has 2 rings (SSSR count). The molecule has 0 saturated heterocycles. The van der Waals surface area contributed by atoms with Crippen LogP contribution in [0, 0.1) is 0 Å². The van der Waals surface area contributed by atoms with Crippen molar-refractivity contribution in [2.75, 3.05) is 24.8 Å². The Morgan fingerprint density at radius 1 is 1.63 bits per heavy atom. The van der Waals surface area contributed by atoms with Crippen LogP contribution in [-0.2, 0) is 18.3 Å². The van der Waals surface area contributed by atoms with E-state index in [1.165, 1.54) is 18.6 Å². The van der Waals surface area contributed by atoms with Crippen molar-refractivity contribution in [3.8, 4) is 0 Å². The monoisotopic (exact) mass is 281 g/mol. The average molecular weight is 281 g/mol. The number of carbonyl (C=O) groups is 1. The molecule has 2 aromatic rings. The third kappa shape index (κ3) is 2.53. The zero-order chi connectivity index (χ0) is 14.0. The first-order chi connectivity index (χ1) is 9.04. The van der Waals surface area contributed by atoms with Crippen LogP contribution in [0.15, 0.2) is 12.4 Å². The predicted molar refractivity (Wildman–Crippen MR) is 73.2 cm³/mol. The van der Waals surface area contributed by atoms with Crippen LogP contribution in [0.25, 0.3) is 0 Å². The van der Waals surface area contributed by atoms with Crippen molar-refractivity contribution < 1.29 is 9.53 Å². The fourth-order valence-electron chi connectivity index (χ4n) is 1.68. The summed E-state index contributed by atoms with van der Waals surface area (Å²) in [6, 6.07) is 0. The number of nitrogens with two attached hydrogens (primary N) is 1. The van der Waals surface area contributed by atoms with E-state index in [0.29, 0.717) is 17.1 Å². The second-order valence-corrected chi connectivity index (χ2v) is 4.80. The smallest absolute Gasteiger partial charge is 0.344 e. The number of hydrogen-bond donors (Lipinski definition) is 1. The summed E-state index contributed by atoms with van der Waals surface area (Å²) in [5.74, 6) is 0.594. The maximum absolute atomic E-state index is 11.7. The third-order valence-electron chi connectivity index (χ3n) is 2.74. The molecule has 0 aliphatic heterocycles. The summed E-state index contributed by atoms with van der Waals surface area (Å²) < 4.78 is 10.6. The summed E-state index contributed by atoms with van der Waals surface area (Å²) >= 11 is 1.17. The highest BCUT2D eigenvalue weighted by molar-refractivity contribution is 7.11. The molecule has 0 saturated carbocycles. The van der Waals surface area contributed by atoms with Crippen LogP contribution in [0.3, 0.4) is 0 Å². The molecular weight excluding hydrogens is 266 g/mol. The van der Waals surface area contributed by atoms with E-state index in [2.05, 4.69) is 9.36 Å². The zero-order valence-corrected chi connectivity index (χ0v) is 11.8. The van der Waals surface area contributed by atoms with Gasteiger partial charge in [-0.3, -0.25) is 0 Å². The van der Waals surface area contributed by atoms with Gasteiger partial charge < -0.3 is 19.9 Å². The normalized spacial score (nSPS) is 10.5. The first-order valence-electron chi connectivity index (χ1n) is 5.55. The van der Waals surface area contributed by atoms with Crippen LogP contribution >= 0.6 is 11.5 Å². The van der Waals surface area contributed by atoms with Gasteiger partial charge in [0, 0.05) is 26.5 Å². The summed E-state index contributed by atoms with van der Waals surface area (Å²) in [4.78, 5) is 17.8. The second kappa shape index (κ2) is 5.27. The Labute approximate surface area is 114 Å². The lowest BCUT2D eigenvalue weighted by Gasteiger charge is -2.17. The molecule has 0 amide bonds. The molecule has 0 aliphatic carbocycles. The first kappa shape index (κ1) is 13.3. The fraction of sp³-hybridized carbons (Fsp3) is 0.364. The van der Waals surface area contributed by atoms with Crippen molar-refractivity contribution in [1.82, 2.24) is 13.9 Å². The van der Waals surface area contributed by atoms with Crippen LogP contribution in [0.1, 0.15) is 16.2 Å². The van der Waals surface area contributed by atoms with Gasteiger partial charge in [-0.15, -0.1) is 0 Å². The van der Waals surface area contributed by atoms with E-state index in [1.54, 1.807) is 6.20 Å². The molecule has 0 unspecified atom stereocenters. The topological polar surface area (TPSA) is 86.3 Å². The number of hydrogen-bond acceptors (Lipinski definition) is 7. The number of aryl methyl sites for hydroxylation is 1. The molecule has 0 bridgehead atoms. The molecule has 0 atom stereocenters. The van der Waals surface area contributed by atoms with E-state index in [0.717, 1.165) is 5.82 Å². The van der Waals surface area contributed by atoms with Crippen LogP contribution in [0.5, 0.6) is 0 Å². The highest BCUT2D eigenvalue weighted by Gasteiger charge is 2.23. The SMILES string of the molecule is COC(=O)c1c(N)nsc1N(C)Cc1nccn1C. The molecule has 8 heteroatoms. The minimum Gasteiger partial charge on any atom is -0.465 e. The van der Waals surface area contributed by atoms with Gasteiger partial charge in [0.25, 0.3) is 0 Å². The van der Waals surface area contributed by atoms with Crippen LogP contribution in [-0.4, -0.2) is 34.1 Å². The highest BCUT2D eigenvalue weighted by Crippen LogP contribution is 2.31. The Kier molecular flexibility index (Phi) is 3.70. The lowest BCUT2D eigenvalue weighted by atomic mass is 10.3. The molecule has 0 aromatic carbocycles. The van der Waals surface area contributed by atoms with Gasteiger partial charge >= 0.3 is 5.97 Å². The Morgan fingerprint density at radius 3 is 2.95 bits per heavy atom.